The van der Waals surface area contributed by atoms with E-state index in [0.29, 0.717) is 0 Å². The molecule has 1 saturated heterocycles. The Kier molecular flexibility index (Phi) is 5.39. The fraction of sp³-hybridized carbons (Fsp3) is 0.722. The first kappa shape index (κ1) is 16.4. The molecule has 118 valence electrons. The molecule has 3 heteroatoms. The molecule has 1 atom stereocenters. The number of nitrogens with one attached hydrogen (secondary N) is 1. The Morgan fingerprint density at radius 1 is 1.33 bits per heavy atom. The summed E-state index contributed by atoms with van der Waals surface area (Å²) in [7, 11) is 0. The highest BCUT2D eigenvalue weighted by molar-refractivity contribution is 5.14. The molecule has 2 rings (SSSR count). The summed E-state index contributed by atoms with van der Waals surface area (Å²) < 4.78 is 0. The van der Waals surface area contributed by atoms with E-state index in [0.717, 1.165) is 24.9 Å². The predicted octanol–water partition coefficient (Wildman–Crippen LogP) is 3.45. The molecule has 0 saturated carbocycles. The maximum atomic E-state index is 4.63. The van der Waals surface area contributed by atoms with Gasteiger partial charge in [0.05, 0.1) is 5.69 Å². The summed E-state index contributed by atoms with van der Waals surface area (Å²) in [5, 5.41) is 3.50. The molecule has 1 aromatic heterocycles. The molecule has 1 aromatic rings. The van der Waals surface area contributed by atoms with E-state index in [1.165, 1.54) is 30.8 Å². The van der Waals surface area contributed by atoms with E-state index < -0.39 is 0 Å². The van der Waals surface area contributed by atoms with Gasteiger partial charge in [0.2, 0.25) is 0 Å². The fourth-order valence-electron chi connectivity index (χ4n) is 2.80. The molecule has 1 aliphatic heterocycles. The molecular formula is C18H31N3. The van der Waals surface area contributed by atoms with E-state index in [-0.39, 0.29) is 5.54 Å². The van der Waals surface area contributed by atoms with Crippen molar-refractivity contribution in [3.8, 4) is 0 Å². The first-order valence-corrected chi connectivity index (χ1v) is 8.25. The fourth-order valence-corrected chi connectivity index (χ4v) is 2.80. The van der Waals surface area contributed by atoms with Crippen LogP contribution >= 0.6 is 0 Å². The van der Waals surface area contributed by atoms with Crippen LogP contribution in [-0.4, -0.2) is 28.5 Å². The summed E-state index contributed by atoms with van der Waals surface area (Å²) in [6.45, 7) is 15.6. The van der Waals surface area contributed by atoms with E-state index in [1.54, 1.807) is 0 Å². The van der Waals surface area contributed by atoms with Crippen molar-refractivity contribution >= 4 is 0 Å². The zero-order valence-corrected chi connectivity index (χ0v) is 14.3. The number of likely N-dealkylation sites (tertiary alicyclic amines) is 1. The van der Waals surface area contributed by atoms with Crippen LogP contribution in [0.15, 0.2) is 18.3 Å². The smallest absolute Gasteiger partial charge is 0.0544 e. The Morgan fingerprint density at radius 2 is 2.10 bits per heavy atom. The lowest BCUT2D eigenvalue weighted by Gasteiger charge is -2.20. The van der Waals surface area contributed by atoms with Crippen molar-refractivity contribution in [2.24, 2.45) is 11.8 Å². The second-order valence-electron chi connectivity index (χ2n) is 7.79. The minimum absolute atomic E-state index is 0.153. The van der Waals surface area contributed by atoms with Crippen LogP contribution in [-0.2, 0) is 13.1 Å². The summed E-state index contributed by atoms with van der Waals surface area (Å²) in [5.41, 5.74) is 2.61. The van der Waals surface area contributed by atoms with Gasteiger partial charge in [0, 0.05) is 31.4 Å². The van der Waals surface area contributed by atoms with Gasteiger partial charge in [0.1, 0.15) is 0 Å². The molecule has 2 heterocycles. The van der Waals surface area contributed by atoms with Crippen LogP contribution in [0.2, 0.25) is 0 Å². The molecule has 0 spiro atoms. The standard InChI is InChI=1S/C18H31N3/c1-14(2)16-8-9-21(12-16)13-17-7-6-15(10-19-17)11-20-18(3,4)5/h6-7,10,14,16,20H,8-9,11-13H2,1-5H3. The van der Waals surface area contributed by atoms with E-state index in [2.05, 4.69) is 62.0 Å². The van der Waals surface area contributed by atoms with Gasteiger partial charge in [-0.05, 0) is 57.2 Å². The molecule has 0 amide bonds. The number of nitrogens with zero attached hydrogens (tertiary/aromatic N) is 2. The monoisotopic (exact) mass is 289 g/mol. The van der Waals surface area contributed by atoms with Crippen molar-refractivity contribution < 1.29 is 0 Å². The van der Waals surface area contributed by atoms with Crippen molar-refractivity contribution in [1.29, 1.82) is 0 Å². The predicted molar refractivity (Wildman–Crippen MR) is 89.1 cm³/mol. The van der Waals surface area contributed by atoms with Crippen LogP contribution in [0.1, 0.15) is 52.3 Å². The number of aromatic nitrogens is 1. The Bertz CT molecular complexity index is 431. The van der Waals surface area contributed by atoms with Gasteiger partial charge in [-0.2, -0.15) is 0 Å². The van der Waals surface area contributed by atoms with E-state index in [1.807, 2.05) is 6.20 Å². The van der Waals surface area contributed by atoms with Crippen molar-refractivity contribution in [3.63, 3.8) is 0 Å². The summed E-state index contributed by atoms with van der Waals surface area (Å²) in [4.78, 5) is 7.17. The minimum atomic E-state index is 0.153. The molecule has 1 N–H and O–H groups in total. The Morgan fingerprint density at radius 3 is 2.62 bits per heavy atom. The summed E-state index contributed by atoms with van der Waals surface area (Å²) in [6.07, 6.45) is 3.36. The number of hydrogen-bond acceptors (Lipinski definition) is 3. The zero-order chi connectivity index (χ0) is 15.5. The second kappa shape index (κ2) is 6.89. The third kappa shape index (κ3) is 5.40. The minimum Gasteiger partial charge on any atom is -0.308 e. The van der Waals surface area contributed by atoms with Gasteiger partial charge in [-0.3, -0.25) is 9.88 Å². The van der Waals surface area contributed by atoms with Gasteiger partial charge in [-0.25, -0.2) is 0 Å². The maximum absolute atomic E-state index is 4.63. The lowest BCUT2D eigenvalue weighted by molar-refractivity contribution is 0.294. The molecule has 3 nitrogen and oxygen atoms in total. The van der Waals surface area contributed by atoms with Crippen LogP contribution in [0, 0.1) is 11.8 Å². The first-order valence-electron chi connectivity index (χ1n) is 8.25. The molecule has 0 aromatic carbocycles. The number of hydrogen-bond donors (Lipinski definition) is 1. The van der Waals surface area contributed by atoms with Gasteiger partial charge in [0.15, 0.2) is 0 Å². The van der Waals surface area contributed by atoms with Crippen molar-refractivity contribution in [1.82, 2.24) is 15.2 Å². The highest BCUT2D eigenvalue weighted by Crippen LogP contribution is 2.24. The molecule has 0 aliphatic carbocycles. The van der Waals surface area contributed by atoms with Crippen LogP contribution in [0.5, 0.6) is 0 Å². The van der Waals surface area contributed by atoms with Gasteiger partial charge in [-0.1, -0.05) is 19.9 Å². The molecule has 0 bridgehead atoms. The summed E-state index contributed by atoms with van der Waals surface area (Å²) in [5.74, 6) is 1.66. The highest BCUT2D eigenvalue weighted by atomic mass is 15.1. The maximum Gasteiger partial charge on any atom is 0.0544 e. The Hall–Kier alpha value is -0.930. The van der Waals surface area contributed by atoms with Gasteiger partial charge >= 0.3 is 0 Å². The van der Waals surface area contributed by atoms with E-state index >= 15 is 0 Å². The van der Waals surface area contributed by atoms with Crippen LogP contribution in [0.3, 0.4) is 0 Å². The van der Waals surface area contributed by atoms with Crippen molar-refractivity contribution in [3.05, 3.63) is 29.6 Å². The SMILES string of the molecule is CC(C)C1CCN(Cc2ccc(CNC(C)(C)C)cn2)C1. The molecule has 1 fully saturated rings. The van der Waals surface area contributed by atoms with Crippen LogP contribution in [0.25, 0.3) is 0 Å². The molecule has 21 heavy (non-hydrogen) atoms. The molecular weight excluding hydrogens is 258 g/mol. The average Bonchev–Trinajstić information content (AvgIpc) is 2.86. The largest absolute Gasteiger partial charge is 0.308 e. The second-order valence-corrected chi connectivity index (χ2v) is 7.79. The Labute approximate surface area is 130 Å². The normalized spacial score (nSPS) is 20.4. The van der Waals surface area contributed by atoms with Crippen LogP contribution < -0.4 is 5.32 Å². The van der Waals surface area contributed by atoms with Crippen molar-refractivity contribution in [2.45, 2.75) is 59.7 Å². The quantitative estimate of drug-likeness (QED) is 0.900. The topological polar surface area (TPSA) is 28.2 Å². The summed E-state index contributed by atoms with van der Waals surface area (Å²) >= 11 is 0. The molecule has 1 unspecified atom stereocenters. The first-order chi connectivity index (χ1) is 9.83. The molecule has 1 aliphatic rings. The third-order valence-corrected chi connectivity index (χ3v) is 4.35. The lowest BCUT2D eigenvalue weighted by atomic mass is 9.95. The zero-order valence-electron chi connectivity index (χ0n) is 14.3. The molecule has 0 radical (unpaired) electrons. The van der Waals surface area contributed by atoms with Crippen molar-refractivity contribution in [2.75, 3.05) is 13.1 Å². The van der Waals surface area contributed by atoms with Gasteiger partial charge < -0.3 is 5.32 Å². The van der Waals surface area contributed by atoms with Crippen LogP contribution in [0.4, 0.5) is 0 Å². The van der Waals surface area contributed by atoms with E-state index in [4.69, 9.17) is 0 Å². The lowest BCUT2D eigenvalue weighted by Crippen LogP contribution is -2.35. The Balaban J connectivity index is 1.83. The van der Waals surface area contributed by atoms with Gasteiger partial charge in [-0.15, -0.1) is 0 Å². The van der Waals surface area contributed by atoms with E-state index in [9.17, 15) is 0 Å². The average molecular weight is 289 g/mol. The number of rotatable bonds is 5. The van der Waals surface area contributed by atoms with Gasteiger partial charge in [0.25, 0.3) is 0 Å². The summed E-state index contributed by atoms with van der Waals surface area (Å²) in [6, 6.07) is 4.39. The highest BCUT2D eigenvalue weighted by Gasteiger charge is 2.24. The number of pyridine rings is 1. The third-order valence-electron chi connectivity index (χ3n) is 4.35.